The molecule has 0 saturated heterocycles. The smallest absolute Gasteiger partial charge is 0.227 e. The van der Waals surface area contributed by atoms with Crippen molar-refractivity contribution < 1.29 is 4.79 Å². The van der Waals surface area contributed by atoms with Crippen molar-refractivity contribution in [2.75, 3.05) is 13.1 Å². The molecule has 1 amide bonds. The number of hydrogen-bond donors (Lipinski definition) is 2. The van der Waals surface area contributed by atoms with E-state index in [2.05, 4.69) is 12.2 Å². The number of carbonyl (C=O) groups is 1. The molecule has 2 fully saturated rings. The molecular formula is C15H28N2O. The topological polar surface area (TPSA) is 55.1 Å². The molecular weight excluding hydrogens is 224 g/mol. The minimum absolute atomic E-state index is 0.208. The Bertz CT molecular complexity index is 281. The van der Waals surface area contributed by atoms with Crippen molar-refractivity contribution in [1.82, 2.24) is 5.32 Å². The highest BCUT2D eigenvalue weighted by molar-refractivity contribution is 5.83. The molecule has 0 spiro atoms. The lowest BCUT2D eigenvalue weighted by atomic mass is 9.68. The molecule has 2 aliphatic carbocycles. The van der Waals surface area contributed by atoms with Crippen LogP contribution >= 0.6 is 0 Å². The molecule has 0 radical (unpaired) electrons. The molecule has 2 atom stereocenters. The van der Waals surface area contributed by atoms with E-state index >= 15 is 0 Å². The van der Waals surface area contributed by atoms with Crippen molar-refractivity contribution in [2.45, 2.75) is 58.3 Å². The zero-order chi connectivity index (χ0) is 13.0. The molecule has 2 aliphatic rings. The van der Waals surface area contributed by atoms with E-state index in [9.17, 15) is 4.79 Å². The van der Waals surface area contributed by atoms with Crippen molar-refractivity contribution in [3.8, 4) is 0 Å². The minimum atomic E-state index is -0.208. The largest absolute Gasteiger partial charge is 0.356 e. The number of carbonyl (C=O) groups excluding carboxylic acids is 1. The first kappa shape index (κ1) is 13.9. The van der Waals surface area contributed by atoms with Crippen molar-refractivity contribution in [1.29, 1.82) is 0 Å². The summed E-state index contributed by atoms with van der Waals surface area (Å²) in [4.78, 5) is 12.1. The second-order valence-corrected chi connectivity index (χ2v) is 6.52. The van der Waals surface area contributed by atoms with E-state index in [1.165, 1.54) is 25.7 Å². The van der Waals surface area contributed by atoms with Crippen LogP contribution in [0.2, 0.25) is 0 Å². The van der Waals surface area contributed by atoms with Crippen LogP contribution in [-0.4, -0.2) is 19.0 Å². The van der Waals surface area contributed by atoms with Crippen LogP contribution in [0.4, 0.5) is 0 Å². The summed E-state index contributed by atoms with van der Waals surface area (Å²) >= 11 is 0. The number of rotatable bonds is 5. The Balaban J connectivity index is 1.67. The highest BCUT2D eigenvalue weighted by Crippen LogP contribution is 2.40. The Morgan fingerprint density at radius 3 is 2.67 bits per heavy atom. The molecule has 2 unspecified atom stereocenters. The third-order valence-corrected chi connectivity index (χ3v) is 5.07. The third kappa shape index (κ3) is 3.05. The van der Waals surface area contributed by atoms with Gasteiger partial charge in [0.05, 0.1) is 5.41 Å². The summed E-state index contributed by atoms with van der Waals surface area (Å²) in [6.45, 7) is 3.71. The summed E-state index contributed by atoms with van der Waals surface area (Å²) in [5.41, 5.74) is 5.53. The van der Waals surface area contributed by atoms with Crippen LogP contribution in [0.5, 0.6) is 0 Å². The Labute approximate surface area is 111 Å². The summed E-state index contributed by atoms with van der Waals surface area (Å²) in [5.74, 6) is 1.91. The second kappa shape index (κ2) is 6.05. The van der Waals surface area contributed by atoms with Crippen molar-refractivity contribution >= 4 is 5.91 Å². The standard InChI is InChI=1S/C15H28N2O/c1-12-4-2-5-13(10-12)6-9-17-14(18)15(11-16)7-3-8-15/h12-13H,2-11,16H2,1H3,(H,17,18). The fraction of sp³-hybridized carbons (Fsp3) is 0.933. The molecule has 2 rings (SSSR count). The quantitative estimate of drug-likeness (QED) is 0.789. The summed E-state index contributed by atoms with van der Waals surface area (Å²) in [6, 6.07) is 0. The molecule has 0 aromatic heterocycles. The average Bonchev–Trinajstić information content (AvgIpc) is 2.28. The molecule has 3 heteroatoms. The molecule has 2 saturated carbocycles. The van der Waals surface area contributed by atoms with Gasteiger partial charge in [-0.25, -0.2) is 0 Å². The van der Waals surface area contributed by atoms with Gasteiger partial charge in [-0.15, -0.1) is 0 Å². The second-order valence-electron chi connectivity index (χ2n) is 6.52. The van der Waals surface area contributed by atoms with Crippen molar-refractivity contribution in [3.63, 3.8) is 0 Å². The van der Waals surface area contributed by atoms with Crippen molar-refractivity contribution in [3.05, 3.63) is 0 Å². The highest BCUT2D eigenvalue weighted by atomic mass is 16.2. The molecule has 18 heavy (non-hydrogen) atoms. The first-order valence-electron chi connectivity index (χ1n) is 7.65. The molecule has 0 aromatic carbocycles. The van der Waals surface area contributed by atoms with Crippen LogP contribution in [0.15, 0.2) is 0 Å². The van der Waals surface area contributed by atoms with Gasteiger partial charge < -0.3 is 11.1 Å². The predicted molar refractivity (Wildman–Crippen MR) is 74.1 cm³/mol. The van der Waals surface area contributed by atoms with Crippen LogP contribution in [-0.2, 0) is 4.79 Å². The van der Waals surface area contributed by atoms with Gasteiger partial charge in [0.25, 0.3) is 0 Å². The van der Waals surface area contributed by atoms with Gasteiger partial charge in [0.15, 0.2) is 0 Å². The summed E-state index contributed by atoms with van der Waals surface area (Å²) in [6.07, 6.45) is 9.72. The number of hydrogen-bond acceptors (Lipinski definition) is 2. The highest BCUT2D eigenvalue weighted by Gasteiger charge is 2.42. The Hall–Kier alpha value is -0.570. The van der Waals surface area contributed by atoms with Crippen molar-refractivity contribution in [2.24, 2.45) is 23.0 Å². The Morgan fingerprint density at radius 2 is 2.11 bits per heavy atom. The van der Waals surface area contributed by atoms with Gasteiger partial charge in [0.2, 0.25) is 5.91 Å². The fourth-order valence-corrected chi connectivity index (χ4v) is 3.53. The maximum atomic E-state index is 12.1. The molecule has 104 valence electrons. The minimum Gasteiger partial charge on any atom is -0.356 e. The van der Waals surface area contributed by atoms with E-state index in [0.717, 1.165) is 44.1 Å². The van der Waals surface area contributed by atoms with Gasteiger partial charge in [-0.2, -0.15) is 0 Å². The van der Waals surface area contributed by atoms with Gasteiger partial charge in [0, 0.05) is 13.1 Å². The SMILES string of the molecule is CC1CCCC(CCNC(=O)C2(CN)CCC2)C1. The lowest BCUT2D eigenvalue weighted by Gasteiger charge is -2.39. The fourth-order valence-electron chi connectivity index (χ4n) is 3.53. The molecule has 0 heterocycles. The molecule has 0 aliphatic heterocycles. The predicted octanol–water partition coefficient (Wildman–Crippen LogP) is 2.45. The number of amides is 1. The Morgan fingerprint density at radius 1 is 1.33 bits per heavy atom. The molecule has 0 aromatic rings. The van der Waals surface area contributed by atoms with E-state index in [4.69, 9.17) is 5.73 Å². The van der Waals surface area contributed by atoms with E-state index in [1.807, 2.05) is 0 Å². The first-order valence-corrected chi connectivity index (χ1v) is 7.65. The van der Waals surface area contributed by atoms with Gasteiger partial charge in [-0.3, -0.25) is 4.79 Å². The average molecular weight is 252 g/mol. The van der Waals surface area contributed by atoms with Crippen LogP contribution in [0.3, 0.4) is 0 Å². The van der Waals surface area contributed by atoms with E-state index in [0.29, 0.717) is 6.54 Å². The van der Waals surface area contributed by atoms with E-state index in [-0.39, 0.29) is 11.3 Å². The molecule has 3 N–H and O–H groups in total. The van der Waals surface area contributed by atoms with E-state index in [1.54, 1.807) is 0 Å². The number of nitrogens with two attached hydrogens (primary N) is 1. The van der Waals surface area contributed by atoms with Gasteiger partial charge in [0.1, 0.15) is 0 Å². The molecule has 0 bridgehead atoms. The summed E-state index contributed by atoms with van der Waals surface area (Å²) < 4.78 is 0. The van der Waals surface area contributed by atoms with Crippen LogP contribution < -0.4 is 11.1 Å². The van der Waals surface area contributed by atoms with Gasteiger partial charge in [-0.05, 0) is 37.5 Å². The zero-order valence-corrected chi connectivity index (χ0v) is 11.7. The van der Waals surface area contributed by atoms with Crippen LogP contribution in [0.1, 0.15) is 58.3 Å². The van der Waals surface area contributed by atoms with Crippen LogP contribution in [0, 0.1) is 17.3 Å². The third-order valence-electron chi connectivity index (χ3n) is 5.07. The number of nitrogens with one attached hydrogen (secondary N) is 1. The summed E-state index contributed by atoms with van der Waals surface area (Å²) in [7, 11) is 0. The Kier molecular flexibility index (Phi) is 4.66. The van der Waals surface area contributed by atoms with Gasteiger partial charge >= 0.3 is 0 Å². The maximum Gasteiger partial charge on any atom is 0.227 e. The maximum absolute atomic E-state index is 12.1. The monoisotopic (exact) mass is 252 g/mol. The lowest BCUT2D eigenvalue weighted by molar-refractivity contribution is -0.135. The van der Waals surface area contributed by atoms with E-state index < -0.39 is 0 Å². The lowest BCUT2D eigenvalue weighted by Crippen LogP contribution is -2.50. The van der Waals surface area contributed by atoms with Crippen LogP contribution in [0.25, 0.3) is 0 Å². The first-order chi connectivity index (χ1) is 8.66. The summed E-state index contributed by atoms with van der Waals surface area (Å²) in [5, 5.41) is 3.12. The van der Waals surface area contributed by atoms with Gasteiger partial charge in [-0.1, -0.05) is 32.6 Å². The molecule has 3 nitrogen and oxygen atoms in total. The zero-order valence-electron chi connectivity index (χ0n) is 11.7. The normalized spacial score (nSPS) is 30.6.